The van der Waals surface area contributed by atoms with Gasteiger partial charge in [-0.2, -0.15) is 0 Å². The van der Waals surface area contributed by atoms with Crippen LogP contribution >= 0.6 is 11.3 Å². The highest BCUT2D eigenvalue weighted by molar-refractivity contribution is 7.09. The van der Waals surface area contributed by atoms with Gasteiger partial charge in [0, 0.05) is 11.1 Å². The molecule has 102 valence electrons. The van der Waals surface area contributed by atoms with Gasteiger partial charge in [-0.15, -0.1) is 11.3 Å². The molecule has 0 amide bonds. The van der Waals surface area contributed by atoms with Crippen molar-refractivity contribution in [1.29, 1.82) is 0 Å². The highest BCUT2D eigenvalue weighted by atomic mass is 32.1. The third kappa shape index (κ3) is 3.55. The van der Waals surface area contributed by atoms with Gasteiger partial charge in [0.05, 0.1) is 6.04 Å². The molecule has 0 bridgehead atoms. The first-order valence-corrected chi connectivity index (χ1v) is 8.24. The molecule has 1 aromatic heterocycles. The summed E-state index contributed by atoms with van der Waals surface area (Å²) in [6.45, 7) is 7.84. The van der Waals surface area contributed by atoms with Crippen molar-refractivity contribution >= 4 is 11.3 Å². The van der Waals surface area contributed by atoms with Crippen LogP contribution in [0.25, 0.3) is 0 Å². The van der Waals surface area contributed by atoms with Crippen LogP contribution in [0.4, 0.5) is 0 Å². The number of nitrogens with one attached hydrogen (secondary N) is 1. The summed E-state index contributed by atoms with van der Waals surface area (Å²) in [6.07, 6.45) is 6.72. The van der Waals surface area contributed by atoms with Crippen LogP contribution in [0.1, 0.15) is 62.7 Å². The molecular weight excluding hydrogens is 240 g/mol. The Kier molecular flexibility index (Phi) is 5.19. The average molecular weight is 266 g/mol. The van der Waals surface area contributed by atoms with Gasteiger partial charge in [0.2, 0.25) is 0 Å². The summed E-state index contributed by atoms with van der Waals surface area (Å²) in [7, 11) is 0. The molecule has 1 saturated carbocycles. The molecule has 2 nitrogen and oxygen atoms in total. The molecule has 2 rings (SSSR count). The van der Waals surface area contributed by atoms with Crippen molar-refractivity contribution in [2.45, 2.75) is 58.9 Å². The van der Waals surface area contributed by atoms with Crippen molar-refractivity contribution in [1.82, 2.24) is 10.3 Å². The van der Waals surface area contributed by atoms with Gasteiger partial charge in [0.1, 0.15) is 5.01 Å². The maximum atomic E-state index is 4.72. The molecule has 0 spiro atoms. The lowest BCUT2D eigenvalue weighted by Gasteiger charge is -2.32. The Balaban J connectivity index is 2.08. The minimum Gasteiger partial charge on any atom is -0.308 e. The zero-order chi connectivity index (χ0) is 13.0. The molecule has 0 aromatic carbocycles. The molecule has 3 unspecified atom stereocenters. The van der Waals surface area contributed by atoms with Crippen molar-refractivity contribution < 1.29 is 0 Å². The molecule has 1 fully saturated rings. The van der Waals surface area contributed by atoms with Gasteiger partial charge in [0.15, 0.2) is 0 Å². The van der Waals surface area contributed by atoms with Crippen LogP contribution in [-0.2, 0) is 0 Å². The predicted molar refractivity (Wildman–Crippen MR) is 79.0 cm³/mol. The number of nitrogens with zero attached hydrogens (tertiary/aromatic N) is 1. The highest BCUT2D eigenvalue weighted by Crippen LogP contribution is 2.37. The van der Waals surface area contributed by atoms with Crippen molar-refractivity contribution in [3.05, 3.63) is 16.1 Å². The molecule has 0 radical (unpaired) electrons. The Morgan fingerprint density at radius 2 is 2.33 bits per heavy atom. The number of aryl methyl sites for hydroxylation is 1. The first kappa shape index (κ1) is 14.0. The zero-order valence-electron chi connectivity index (χ0n) is 11.9. The summed E-state index contributed by atoms with van der Waals surface area (Å²) < 4.78 is 0. The minimum atomic E-state index is 0.492. The first-order chi connectivity index (χ1) is 8.70. The van der Waals surface area contributed by atoms with Gasteiger partial charge >= 0.3 is 0 Å². The van der Waals surface area contributed by atoms with Crippen LogP contribution in [0.5, 0.6) is 0 Å². The Morgan fingerprint density at radius 1 is 1.50 bits per heavy atom. The lowest BCUT2D eigenvalue weighted by molar-refractivity contribution is 0.223. The molecule has 0 aliphatic heterocycles. The van der Waals surface area contributed by atoms with Gasteiger partial charge in [-0.25, -0.2) is 4.98 Å². The second-order valence-electron chi connectivity index (χ2n) is 5.79. The minimum absolute atomic E-state index is 0.492. The SMILES string of the molecule is CCCNC(c1nc(C)cs1)C1CCCC(C)C1. The molecule has 1 aliphatic carbocycles. The Labute approximate surface area is 115 Å². The maximum Gasteiger partial charge on any atom is 0.110 e. The van der Waals surface area contributed by atoms with Gasteiger partial charge in [0.25, 0.3) is 0 Å². The largest absolute Gasteiger partial charge is 0.308 e. The van der Waals surface area contributed by atoms with Crippen LogP contribution < -0.4 is 5.32 Å². The van der Waals surface area contributed by atoms with Crippen LogP contribution in [0, 0.1) is 18.8 Å². The molecule has 1 heterocycles. The predicted octanol–water partition coefficient (Wildman–Crippen LogP) is 4.32. The fourth-order valence-electron chi connectivity index (χ4n) is 3.05. The number of aromatic nitrogens is 1. The molecule has 1 N–H and O–H groups in total. The van der Waals surface area contributed by atoms with Crippen LogP contribution in [0.2, 0.25) is 0 Å². The quantitative estimate of drug-likeness (QED) is 0.858. The summed E-state index contributed by atoms with van der Waals surface area (Å²) in [6, 6.07) is 0.492. The van der Waals surface area contributed by atoms with Gasteiger partial charge < -0.3 is 5.32 Å². The van der Waals surface area contributed by atoms with Crippen molar-refractivity contribution in [2.24, 2.45) is 11.8 Å². The number of hydrogen-bond acceptors (Lipinski definition) is 3. The van der Waals surface area contributed by atoms with Crippen LogP contribution in [0.3, 0.4) is 0 Å². The van der Waals surface area contributed by atoms with E-state index in [0.717, 1.165) is 18.4 Å². The topological polar surface area (TPSA) is 24.9 Å². The fourth-order valence-corrected chi connectivity index (χ4v) is 4.02. The van der Waals surface area contributed by atoms with E-state index in [9.17, 15) is 0 Å². The van der Waals surface area contributed by atoms with E-state index < -0.39 is 0 Å². The van der Waals surface area contributed by atoms with Gasteiger partial charge in [-0.1, -0.05) is 26.7 Å². The lowest BCUT2D eigenvalue weighted by atomic mass is 9.78. The van der Waals surface area contributed by atoms with E-state index in [1.807, 2.05) is 11.3 Å². The summed E-state index contributed by atoms with van der Waals surface area (Å²) in [5.41, 5.74) is 1.17. The third-order valence-corrected chi connectivity index (χ3v) is 5.01. The summed E-state index contributed by atoms with van der Waals surface area (Å²) >= 11 is 1.83. The normalized spacial score (nSPS) is 26.2. The average Bonchev–Trinajstić information content (AvgIpc) is 2.76. The summed E-state index contributed by atoms with van der Waals surface area (Å²) in [5, 5.41) is 7.23. The van der Waals surface area contributed by atoms with E-state index in [1.54, 1.807) is 0 Å². The van der Waals surface area contributed by atoms with Crippen LogP contribution in [-0.4, -0.2) is 11.5 Å². The van der Waals surface area contributed by atoms with Crippen LogP contribution in [0.15, 0.2) is 5.38 Å². The molecular formula is C15H26N2S. The second kappa shape index (κ2) is 6.67. The smallest absolute Gasteiger partial charge is 0.110 e. The van der Waals surface area contributed by atoms with E-state index >= 15 is 0 Å². The molecule has 3 heteroatoms. The van der Waals surface area contributed by atoms with E-state index in [1.165, 1.54) is 42.8 Å². The highest BCUT2D eigenvalue weighted by Gasteiger charge is 2.29. The van der Waals surface area contributed by atoms with Crippen molar-refractivity contribution in [3.8, 4) is 0 Å². The van der Waals surface area contributed by atoms with E-state index in [0.29, 0.717) is 6.04 Å². The van der Waals surface area contributed by atoms with E-state index in [-0.39, 0.29) is 0 Å². The van der Waals surface area contributed by atoms with Gasteiger partial charge in [-0.05, 0) is 44.6 Å². The zero-order valence-corrected chi connectivity index (χ0v) is 12.7. The Hall–Kier alpha value is -0.410. The number of hydrogen-bond donors (Lipinski definition) is 1. The second-order valence-corrected chi connectivity index (χ2v) is 6.68. The Bertz CT molecular complexity index is 361. The first-order valence-electron chi connectivity index (χ1n) is 7.36. The Morgan fingerprint density at radius 3 is 2.94 bits per heavy atom. The van der Waals surface area contributed by atoms with E-state index in [2.05, 4.69) is 31.5 Å². The molecule has 1 aromatic rings. The number of rotatable bonds is 5. The fraction of sp³-hybridized carbons (Fsp3) is 0.800. The maximum absolute atomic E-state index is 4.72. The molecule has 1 aliphatic rings. The van der Waals surface area contributed by atoms with Crippen molar-refractivity contribution in [2.75, 3.05) is 6.54 Å². The monoisotopic (exact) mass is 266 g/mol. The third-order valence-electron chi connectivity index (χ3n) is 3.97. The summed E-state index contributed by atoms with van der Waals surface area (Å²) in [4.78, 5) is 4.72. The van der Waals surface area contributed by atoms with Crippen molar-refractivity contribution in [3.63, 3.8) is 0 Å². The standard InChI is InChI=1S/C15H26N2S/c1-4-8-16-14(15-17-12(3)10-18-15)13-7-5-6-11(2)9-13/h10-11,13-14,16H,4-9H2,1-3H3. The number of thiazole rings is 1. The molecule has 0 saturated heterocycles. The molecule has 3 atom stereocenters. The van der Waals surface area contributed by atoms with E-state index in [4.69, 9.17) is 4.98 Å². The summed E-state index contributed by atoms with van der Waals surface area (Å²) in [5.74, 6) is 1.67. The lowest BCUT2D eigenvalue weighted by Crippen LogP contribution is -2.31. The molecule has 18 heavy (non-hydrogen) atoms. The van der Waals surface area contributed by atoms with Gasteiger partial charge in [-0.3, -0.25) is 0 Å².